The molecule has 29 heavy (non-hydrogen) atoms. The van der Waals surface area contributed by atoms with Crippen molar-refractivity contribution in [3.63, 3.8) is 0 Å². The summed E-state index contributed by atoms with van der Waals surface area (Å²) in [6.45, 7) is 0.278. The number of imide groups is 1. The maximum atomic E-state index is 12.7. The second-order valence-corrected chi connectivity index (χ2v) is 9.68. The second-order valence-electron chi connectivity index (χ2n) is 7.60. The summed E-state index contributed by atoms with van der Waals surface area (Å²) in [7, 11) is -3.32. The number of nitrogens with zero attached hydrogens (tertiary/aromatic N) is 1. The van der Waals surface area contributed by atoms with Gasteiger partial charge in [-0.1, -0.05) is 42.5 Å². The van der Waals surface area contributed by atoms with E-state index in [0.29, 0.717) is 28.9 Å². The molecule has 3 aromatic carbocycles. The van der Waals surface area contributed by atoms with Gasteiger partial charge in [-0.25, -0.2) is 8.42 Å². The summed E-state index contributed by atoms with van der Waals surface area (Å²) >= 11 is 0. The zero-order valence-corrected chi connectivity index (χ0v) is 16.5. The molecular weight excluding hydrogens is 386 g/mol. The molecule has 2 aliphatic rings. The fourth-order valence-corrected chi connectivity index (χ4v) is 6.24. The lowest BCUT2D eigenvalue weighted by molar-refractivity contribution is 0.0649. The minimum absolute atomic E-state index is 0.0241. The SMILES string of the molecule is O=C1c2ccccc2C(=O)N1CCC1CCS(=O)(=O)c2ccc3ccccc3c21. The zero-order chi connectivity index (χ0) is 20.2. The van der Waals surface area contributed by atoms with Crippen LogP contribution in [0.2, 0.25) is 0 Å². The highest BCUT2D eigenvalue weighted by molar-refractivity contribution is 7.91. The molecule has 0 radical (unpaired) electrons. The molecule has 3 aromatic rings. The Kier molecular flexibility index (Phi) is 4.06. The highest BCUT2D eigenvalue weighted by Crippen LogP contribution is 2.40. The van der Waals surface area contributed by atoms with Crippen LogP contribution in [0.1, 0.15) is 45.0 Å². The van der Waals surface area contributed by atoms with Crippen LogP contribution in [0.25, 0.3) is 10.8 Å². The van der Waals surface area contributed by atoms with Crippen molar-refractivity contribution in [3.8, 4) is 0 Å². The van der Waals surface area contributed by atoms with Crippen LogP contribution in [-0.4, -0.2) is 37.4 Å². The minimum atomic E-state index is -3.32. The van der Waals surface area contributed by atoms with Gasteiger partial charge in [0.05, 0.1) is 21.8 Å². The van der Waals surface area contributed by atoms with Crippen molar-refractivity contribution in [1.82, 2.24) is 4.90 Å². The number of rotatable bonds is 3. The van der Waals surface area contributed by atoms with E-state index in [0.717, 1.165) is 16.3 Å². The maximum Gasteiger partial charge on any atom is 0.261 e. The first-order valence-corrected chi connectivity index (χ1v) is 11.3. The van der Waals surface area contributed by atoms with Gasteiger partial charge >= 0.3 is 0 Å². The van der Waals surface area contributed by atoms with Crippen molar-refractivity contribution in [2.24, 2.45) is 0 Å². The van der Waals surface area contributed by atoms with Crippen molar-refractivity contribution in [2.75, 3.05) is 12.3 Å². The van der Waals surface area contributed by atoms with Crippen LogP contribution in [0, 0.1) is 0 Å². The van der Waals surface area contributed by atoms with Gasteiger partial charge in [-0.05, 0) is 53.3 Å². The fraction of sp³-hybridized carbons (Fsp3) is 0.217. The molecule has 0 fully saturated rings. The van der Waals surface area contributed by atoms with Gasteiger partial charge < -0.3 is 0 Å². The Hall–Kier alpha value is -2.99. The summed E-state index contributed by atoms with van der Waals surface area (Å²) < 4.78 is 25.3. The predicted molar refractivity (Wildman–Crippen MR) is 110 cm³/mol. The van der Waals surface area contributed by atoms with Crippen LogP contribution in [0.5, 0.6) is 0 Å². The summed E-state index contributed by atoms with van der Waals surface area (Å²) in [6.07, 6.45) is 1.04. The predicted octanol–water partition coefficient (Wildman–Crippen LogP) is 3.79. The van der Waals surface area contributed by atoms with Crippen molar-refractivity contribution < 1.29 is 18.0 Å². The molecule has 2 aliphatic heterocycles. The van der Waals surface area contributed by atoms with Crippen LogP contribution in [0.4, 0.5) is 0 Å². The van der Waals surface area contributed by atoms with Crippen LogP contribution in [0.3, 0.4) is 0 Å². The van der Waals surface area contributed by atoms with E-state index in [1.807, 2.05) is 30.3 Å². The third-order valence-electron chi connectivity index (χ3n) is 5.99. The topological polar surface area (TPSA) is 71.5 Å². The zero-order valence-electron chi connectivity index (χ0n) is 15.7. The number of carbonyl (C=O) groups excluding carboxylic acids is 2. The number of hydrogen-bond donors (Lipinski definition) is 0. The van der Waals surface area contributed by atoms with Gasteiger partial charge in [0, 0.05) is 6.54 Å². The number of hydrogen-bond acceptors (Lipinski definition) is 4. The van der Waals surface area contributed by atoms with Crippen molar-refractivity contribution >= 4 is 32.4 Å². The van der Waals surface area contributed by atoms with Gasteiger partial charge in [0.25, 0.3) is 11.8 Å². The summed E-state index contributed by atoms with van der Waals surface area (Å²) in [5.74, 6) is -0.478. The van der Waals surface area contributed by atoms with Crippen LogP contribution < -0.4 is 0 Å². The molecule has 0 aromatic heterocycles. The molecule has 2 amide bonds. The van der Waals surface area contributed by atoms with E-state index in [4.69, 9.17) is 0 Å². The van der Waals surface area contributed by atoms with E-state index in [-0.39, 0.29) is 30.0 Å². The monoisotopic (exact) mass is 405 g/mol. The third-order valence-corrected chi connectivity index (χ3v) is 7.79. The molecule has 146 valence electrons. The smallest absolute Gasteiger partial charge is 0.261 e. The summed E-state index contributed by atoms with van der Waals surface area (Å²) in [4.78, 5) is 27.0. The quantitative estimate of drug-likeness (QED) is 0.622. The Morgan fingerprint density at radius 3 is 2.24 bits per heavy atom. The van der Waals surface area contributed by atoms with E-state index in [9.17, 15) is 18.0 Å². The highest BCUT2D eigenvalue weighted by Gasteiger charge is 2.37. The van der Waals surface area contributed by atoms with Crippen molar-refractivity contribution in [3.05, 3.63) is 77.4 Å². The Bertz CT molecular complexity index is 1240. The standard InChI is InChI=1S/C23H19NO4S/c25-22-18-7-3-4-8-19(18)23(26)24(22)13-11-16-12-14-29(27,28)20-10-9-15-5-1-2-6-17(15)21(16)20/h1-10,16H,11-14H2. The summed E-state index contributed by atoms with van der Waals surface area (Å²) in [5, 5.41) is 1.93. The van der Waals surface area contributed by atoms with E-state index in [2.05, 4.69) is 0 Å². The molecule has 5 rings (SSSR count). The molecule has 0 N–H and O–H groups in total. The lowest BCUT2D eigenvalue weighted by atomic mass is 9.88. The van der Waals surface area contributed by atoms with Crippen LogP contribution >= 0.6 is 0 Å². The first-order chi connectivity index (χ1) is 14.0. The maximum absolute atomic E-state index is 12.7. The van der Waals surface area contributed by atoms with Gasteiger partial charge in [-0.15, -0.1) is 0 Å². The Labute approximate surface area is 168 Å². The second kappa shape index (κ2) is 6.52. The van der Waals surface area contributed by atoms with Gasteiger partial charge in [0.15, 0.2) is 9.84 Å². The van der Waals surface area contributed by atoms with E-state index < -0.39 is 9.84 Å². The average Bonchev–Trinajstić information content (AvgIpc) is 2.98. The molecule has 0 bridgehead atoms. The van der Waals surface area contributed by atoms with E-state index in [1.165, 1.54) is 4.90 Å². The molecule has 0 spiro atoms. The van der Waals surface area contributed by atoms with Crippen LogP contribution in [-0.2, 0) is 9.84 Å². The van der Waals surface area contributed by atoms with Gasteiger partial charge in [0.1, 0.15) is 0 Å². The lowest BCUT2D eigenvalue weighted by Crippen LogP contribution is -2.32. The van der Waals surface area contributed by atoms with Gasteiger partial charge in [0.2, 0.25) is 0 Å². The molecule has 2 heterocycles. The summed E-state index contributed by atoms with van der Waals surface area (Å²) in [5.41, 5.74) is 1.70. The lowest BCUT2D eigenvalue weighted by Gasteiger charge is -2.28. The van der Waals surface area contributed by atoms with Gasteiger partial charge in [-0.3, -0.25) is 14.5 Å². The molecule has 0 saturated heterocycles. The fourth-order valence-electron chi connectivity index (χ4n) is 4.54. The first kappa shape index (κ1) is 18.1. The number of fused-ring (bicyclic) bond motifs is 4. The summed E-state index contributed by atoms with van der Waals surface area (Å²) in [6, 6.07) is 18.1. The average molecular weight is 405 g/mol. The molecular formula is C23H19NO4S. The Balaban J connectivity index is 1.49. The number of amides is 2. The first-order valence-electron chi connectivity index (χ1n) is 9.67. The molecule has 0 aliphatic carbocycles. The molecule has 1 unspecified atom stereocenters. The molecule has 0 saturated carbocycles. The Morgan fingerprint density at radius 1 is 0.862 bits per heavy atom. The normalized spacial score (nSPS) is 20.0. The van der Waals surface area contributed by atoms with Gasteiger partial charge in [-0.2, -0.15) is 0 Å². The third kappa shape index (κ3) is 2.78. The molecule has 5 nitrogen and oxygen atoms in total. The number of sulfone groups is 1. The highest BCUT2D eigenvalue weighted by atomic mass is 32.2. The Morgan fingerprint density at radius 2 is 1.52 bits per heavy atom. The number of carbonyl (C=O) groups is 2. The molecule has 1 atom stereocenters. The molecule has 6 heteroatoms. The largest absolute Gasteiger partial charge is 0.274 e. The van der Waals surface area contributed by atoms with Crippen LogP contribution in [0.15, 0.2) is 65.6 Å². The van der Waals surface area contributed by atoms with E-state index in [1.54, 1.807) is 30.3 Å². The van der Waals surface area contributed by atoms with Crippen molar-refractivity contribution in [2.45, 2.75) is 23.7 Å². The van der Waals surface area contributed by atoms with Crippen molar-refractivity contribution in [1.29, 1.82) is 0 Å². The van der Waals surface area contributed by atoms with E-state index >= 15 is 0 Å². The minimum Gasteiger partial charge on any atom is -0.274 e. The number of benzene rings is 3.